The Morgan fingerprint density at radius 3 is 3.00 bits per heavy atom. The number of aromatic nitrogens is 5. The first-order valence-corrected chi connectivity index (χ1v) is 9.23. The molecule has 3 aromatic rings. The summed E-state index contributed by atoms with van der Waals surface area (Å²) in [5.74, 6) is 1.88. The summed E-state index contributed by atoms with van der Waals surface area (Å²) in [5.41, 5.74) is 0.848. The van der Waals surface area contributed by atoms with Crippen molar-refractivity contribution in [1.29, 1.82) is 0 Å². The Bertz CT molecular complexity index is 889. The van der Waals surface area contributed by atoms with E-state index in [0.717, 1.165) is 37.3 Å². The molecule has 1 atom stereocenters. The van der Waals surface area contributed by atoms with Gasteiger partial charge in [-0.05, 0) is 38.8 Å². The molecular weight excluding hydrogens is 352 g/mol. The first-order valence-electron chi connectivity index (χ1n) is 8.86. The standard InChI is InChI=1S/C18H21ClN6O/c1-12(2)25-11-20-22-17(25)14-6-4-8-24(10-14)18-21-16(23-26-18)13-5-3-7-15(19)9-13/h3,5,7,9,11-12,14H,4,6,8,10H2,1-2H3. The smallest absolute Gasteiger partial charge is 0.324 e. The maximum Gasteiger partial charge on any atom is 0.324 e. The van der Waals surface area contributed by atoms with E-state index in [2.05, 4.69) is 43.7 Å². The third-order valence-corrected chi connectivity index (χ3v) is 4.95. The minimum Gasteiger partial charge on any atom is -0.324 e. The zero-order chi connectivity index (χ0) is 18.1. The van der Waals surface area contributed by atoms with E-state index in [4.69, 9.17) is 16.1 Å². The van der Waals surface area contributed by atoms with Gasteiger partial charge in [0.15, 0.2) is 0 Å². The molecular formula is C18H21ClN6O. The van der Waals surface area contributed by atoms with Gasteiger partial charge in [0.25, 0.3) is 0 Å². The van der Waals surface area contributed by atoms with Gasteiger partial charge in [0.05, 0.1) is 0 Å². The number of hydrogen-bond acceptors (Lipinski definition) is 6. The highest BCUT2D eigenvalue weighted by molar-refractivity contribution is 6.30. The van der Waals surface area contributed by atoms with Crippen molar-refractivity contribution in [2.45, 2.75) is 38.6 Å². The minimum absolute atomic E-state index is 0.301. The van der Waals surface area contributed by atoms with E-state index < -0.39 is 0 Å². The van der Waals surface area contributed by atoms with Gasteiger partial charge in [-0.1, -0.05) is 28.9 Å². The minimum atomic E-state index is 0.301. The molecule has 1 aromatic carbocycles. The van der Waals surface area contributed by atoms with E-state index >= 15 is 0 Å². The molecule has 0 radical (unpaired) electrons. The maximum absolute atomic E-state index is 6.05. The topological polar surface area (TPSA) is 72.9 Å². The van der Waals surface area contributed by atoms with Crippen molar-refractivity contribution >= 4 is 17.6 Å². The molecule has 0 spiro atoms. The van der Waals surface area contributed by atoms with Crippen LogP contribution in [-0.2, 0) is 0 Å². The molecule has 7 nitrogen and oxygen atoms in total. The van der Waals surface area contributed by atoms with Crippen LogP contribution < -0.4 is 4.90 Å². The van der Waals surface area contributed by atoms with Crippen molar-refractivity contribution in [2.75, 3.05) is 18.0 Å². The fourth-order valence-electron chi connectivity index (χ4n) is 3.39. The van der Waals surface area contributed by atoms with Gasteiger partial charge >= 0.3 is 6.01 Å². The molecule has 0 N–H and O–H groups in total. The summed E-state index contributed by atoms with van der Waals surface area (Å²) in [6, 6.07) is 8.34. The van der Waals surface area contributed by atoms with Crippen molar-refractivity contribution in [3.05, 3.63) is 41.4 Å². The Morgan fingerprint density at radius 1 is 1.31 bits per heavy atom. The summed E-state index contributed by atoms with van der Waals surface area (Å²) in [7, 11) is 0. The van der Waals surface area contributed by atoms with Crippen LogP contribution in [0.3, 0.4) is 0 Å². The second-order valence-corrected chi connectivity index (χ2v) is 7.32. The Balaban J connectivity index is 1.54. The third-order valence-electron chi connectivity index (χ3n) is 4.71. The number of rotatable bonds is 4. The summed E-state index contributed by atoms with van der Waals surface area (Å²) >= 11 is 6.05. The Hall–Kier alpha value is -2.41. The molecule has 3 heterocycles. The van der Waals surface area contributed by atoms with Crippen molar-refractivity contribution in [3.63, 3.8) is 0 Å². The van der Waals surface area contributed by atoms with Crippen LogP contribution in [0, 0.1) is 0 Å². The molecule has 1 saturated heterocycles. The number of benzene rings is 1. The first kappa shape index (κ1) is 17.0. The zero-order valence-electron chi connectivity index (χ0n) is 14.8. The quantitative estimate of drug-likeness (QED) is 0.690. The monoisotopic (exact) mass is 372 g/mol. The van der Waals surface area contributed by atoms with E-state index in [-0.39, 0.29) is 0 Å². The highest BCUT2D eigenvalue weighted by Crippen LogP contribution is 2.30. The number of halogens is 1. The normalized spacial score (nSPS) is 17.8. The number of anilines is 1. The van der Waals surface area contributed by atoms with Gasteiger partial charge in [-0.15, -0.1) is 10.2 Å². The van der Waals surface area contributed by atoms with Crippen molar-refractivity contribution < 1.29 is 4.52 Å². The molecule has 0 aliphatic carbocycles. The fourth-order valence-corrected chi connectivity index (χ4v) is 3.58. The van der Waals surface area contributed by atoms with E-state index in [1.165, 1.54) is 0 Å². The second kappa shape index (κ2) is 7.07. The Labute approximate surface area is 157 Å². The molecule has 26 heavy (non-hydrogen) atoms. The van der Waals surface area contributed by atoms with Gasteiger partial charge in [0, 0.05) is 35.6 Å². The lowest BCUT2D eigenvalue weighted by atomic mass is 9.97. The Kier molecular flexibility index (Phi) is 4.63. The van der Waals surface area contributed by atoms with Crippen molar-refractivity contribution in [1.82, 2.24) is 24.9 Å². The molecule has 1 aliphatic rings. The SMILES string of the molecule is CC(C)n1cnnc1C1CCCN(c2nc(-c3cccc(Cl)c3)no2)C1. The number of nitrogens with zero attached hydrogens (tertiary/aromatic N) is 6. The average Bonchev–Trinajstić information content (AvgIpc) is 3.32. The largest absolute Gasteiger partial charge is 0.324 e. The highest BCUT2D eigenvalue weighted by atomic mass is 35.5. The van der Waals surface area contributed by atoms with Gasteiger partial charge in [0.1, 0.15) is 12.2 Å². The predicted molar refractivity (Wildman–Crippen MR) is 99.3 cm³/mol. The molecule has 2 aromatic heterocycles. The lowest BCUT2D eigenvalue weighted by Crippen LogP contribution is -2.35. The molecule has 8 heteroatoms. The van der Waals surface area contributed by atoms with Crippen LogP contribution in [0.2, 0.25) is 5.02 Å². The summed E-state index contributed by atoms with van der Waals surface area (Å²) in [6.07, 6.45) is 3.94. The zero-order valence-corrected chi connectivity index (χ0v) is 15.6. The summed E-state index contributed by atoms with van der Waals surface area (Å²) in [5, 5.41) is 13.2. The van der Waals surface area contributed by atoms with Crippen LogP contribution in [0.4, 0.5) is 6.01 Å². The van der Waals surface area contributed by atoms with Crippen molar-refractivity contribution in [2.24, 2.45) is 0 Å². The van der Waals surface area contributed by atoms with Crippen LogP contribution in [0.15, 0.2) is 35.1 Å². The fraction of sp³-hybridized carbons (Fsp3) is 0.444. The first-order chi connectivity index (χ1) is 12.6. The van der Waals surface area contributed by atoms with Crippen LogP contribution >= 0.6 is 11.6 Å². The van der Waals surface area contributed by atoms with Gasteiger partial charge < -0.3 is 14.0 Å². The predicted octanol–water partition coefficient (Wildman–Crippen LogP) is 3.95. The number of hydrogen-bond donors (Lipinski definition) is 0. The van der Waals surface area contributed by atoms with Crippen LogP contribution in [0.25, 0.3) is 11.4 Å². The van der Waals surface area contributed by atoms with Gasteiger partial charge in [-0.3, -0.25) is 0 Å². The molecule has 1 aliphatic heterocycles. The van der Waals surface area contributed by atoms with Gasteiger partial charge in [-0.25, -0.2) is 0 Å². The van der Waals surface area contributed by atoms with E-state index in [1.807, 2.05) is 30.6 Å². The highest BCUT2D eigenvalue weighted by Gasteiger charge is 2.28. The van der Waals surface area contributed by atoms with Gasteiger partial charge in [-0.2, -0.15) is 4.98 Å². The van der Waals surface area contributed by atoms with E-state index in [0.29, 0.717) is 28.8 Å². The van der Waals surface area contributed by atoms with Crippen molar-refractivity contribution in [3.8, 4) is 11.4 Å². The molecule has 1 fully saturated rings. The second-order valence-electron chi connectivity index (χ2n) is 6.89. The summed E-state index contributed by atoms with van der Waals surface area (Å²) in [4.78, 5) is 6.70. The van der Waals surface area contributed by atoms with E-state index in [9.17, 15) is 0 Å². The lowest BCUT2D eigenvalue weighted by Gasteiger charge is -2.31. The van der Waals surface area contributed by atoms with Crippen LogP contribution in [0.5, 0.6) is 0 Å². The van der Waals surface area contributed by atoms with Crippen LogP contribution in [-0.4, -0.2) is 38.0 Å². The third kappa shape index (κ3) is 3.31. The molecule has 0 bridgehead atoms. The average molecular weight is 373 g/mol. The lowest BCUT2D eigenvalue weighted by molar-refractivity contribution is 0.385. The molecule has 0 saturated carbocycles. The summed E-state index contributed by atoms with van der Waals surface area (Å²) < 4.78 is 7.66. The molecule has 1 unspecified atom stereocenters. The molecule has 4 rings (SSSR count). The summed E-state index contributed by atoms with van der Waals surface area (Å²) in [6.45, 7) is 5.97. The van der Waals surface area contributed by atoms with Gasteiger partial charge in [0.2, 0.25) is 5.82 Å². The maximum atomic E-state index is 6.05. The van der Waals surface area contributed by atoms with E-state index in [1.54, 1.807) is 0 Å². The van der Waals surface area contributed by atoms with Crippen LogP contribution in [0.1, 0.15) is 44.5 Å². The molecule has 136 valence electrons. The molecule has 0 amide bonds. The Morgan fingerprint density at radius 2 is 2.19 bits per heavy atom. The number of piperidine rings is 1.